The molecule has 0 radical (unpaired) electrons. The SMILES string of the molecule is CN1C(=O)[C@H]2COC[C@@H]1CN(C(=O)c1cccc(OC(F)(F)F)c1)C2. The number of halogens is 3. The van der Waals surface area contributed by atoms with Crippen LogP contribution in [0, 0.1) is 5.92 Å². The van der Waals surface area contributed by atoms with Crippen molar-refractivity contribution in [2.75, 3.05) is 33.4 Å². The van der Waals surface area contributed by atoms with Gasteiger partial charge in [0.05, 0.1) is 25.2 Å². The molecule has 2 amide bonds. The number of amides is 2. The Morgan fingerprint density at radius 2 is 2.04 bits per heavy atom. The minimum atomic E-state index is -4.83. The molecule has 2 atom stereocenters. The van der Waals surface area contributed by atoms with Gasteiger partial charge in [0.1, 0.15) is 5.75 Å². The second-order valence-corrected chi connectivity index (χ2v) is 6.12. The van der Waals surface area contributed by atoms with E-state index in [4.69, 9.17) is 4.74 Å². The third-order valence-electron chi connectivity index (χ3n) is 4.35. The highest BCUT2D eigenvalue weighted by molar-refractivity contribution is 5.95. The molecule has 1 aromatic carbocycles. The number of rotatable bonds is 2. The predicted molar refractivity (Wildman–Crippen MR) is 79.9 cm³/mol. The fourth-order valence-electron chi connectivity index (χ4n) is 3.07. The molecule has 0 aliphatic carbocycles. The molecule has 0 N–H and O–H groups in total. The van der Waals surface area contributed by atoms with Gasteiger partial charge in [-0.05, 0) is 18.2 Å². The lowest BCUT2D eigenvalue weighted by Gasteiger charge is -2.29. The molecule has 2 heterocycles. The van der Waals surface area contributed by atoms with E-state index in [1.165, 1.54) is 17.0 Å². The van der Waals surface area contributed by atoms with Crippen molar-refractivity contribution in [1.82, 2.24) is 9.80 Å². The fourth-order valence-corrected chi connectivity index (χ4v) is 3.07. The largest absolute Gasteiger partial charge is 0.573 e. The Hall–Kier alpha value is -2.29. The number of benzene rings is 1. The highest BCUT2D eigenvalue weighted by Gasteiger charge is 2.39. The Balaban J connectivity index is 1.81. The summed E-state index contributed by atoms with van der Waals surface area (Å²) in [5.74, 6) is -1.46. The Labute approximate surface area is 142 Å². The van der Waals surface area contributed by atoms with Gasteiger partial charge in [0.15, 0.2) is 0 Å². The van der Waals surface area contributed by atoms with Crippen molar-refractivity contribution in [2.45, 2.75) is 12.4 Å². The van der Waals surface area contributed by atoms with Crippen LogP contribution in [0.15, 0.2) is 24.3 Å². The van der Waals surface area contributed by atoms with E-state index in [9.17, 15) is 22.8 Å². The summed E-state index contributed by atoms with van der Waals surface area (Å²) in [6, 6.07) is 4.66. The first-order chi connectivity index (χ1) is 11.7. The van der Waals surface area contributed by atoms with Crippen LogP contribution in [0.25, 0.3) is 0 Å². The van der Waals surface area contributed by atoms with Crippen LogP contribution in [0.1, 0.15) is 10.4 Å². The third-order valence-corrected chi connectivity index (χ3v) is 4.35. The number of nitrogens with zero attached hydrogens (tertiary/aromatic N) is 2. The number of fused-ring (bicyclic) bond motifs is 3. The van der Waals surface area contributed by atoms with E-state index in [2.05, 4.69) is 4.74 Å². The Bertz CT molecular complexity index is 680. The van der Waals surface area contributed by atoms with Crippen LogP contribution in [0.5, 0.6) is 5.75 Å². The van der Waals surface area contributed by atoms with E-state index in [-0.39, 0.29) is 37.2 Å². The van der Waals surface area contributed by atoms with Gasteiger partial charge in [-0.25, -0.2) is 0 Å². The zero-order chi connectivity index (χ0) is 18.2. The number of carbonyl (C=O) groups excluding carboxylic acids is 2. The average molecular weight is 358 g/mol. The molecule has 136 valence electrons. The predicted octanol–water partition coefficient (Wildman–Crippen LogP) is 1.51. The maximum atomic E-state index is 12.7. The molecular weight excluding hydrogens is 341 g/mol. The monoisotopic (exact) mass is 358 g/mol. The molecule has 3 rings (SSSR count). The molecule has 2 aliphatic rings. The van der Waals surface area contributed by atoms with Gasteiger partial charge in [0.25, 0.3) is 5.91 Å². The second kappa shape index (κ2) is 6.55. The maximum Gasteiger partial charge on any atom is 0.573 e. The highest BCUT2D eigenvalue weighted by atomic mass is 19.4. The molecule has 2 fully saturated rings. The Kier molecular flexibility index (Phi) is 4.59. The van der Waals surface area contributed by atoms with Gasteiger partial charge in [-0.3, -0.25) is 9.59 Å². The molecule has 0 unspecified atom stereocenters. The number of alkyl halides is 3. The molecule has 25 heavy (non-hydrogen) atoms. The number of hydrogen-bond acceptors (Lipinski definition) is 4. The summed E-state index contributed by atoms with van der Waals surface area (Å²) in [6.45, 7) is 0.977. The van der Waals surface area contributed by atoms with E-state index in [0.717, 1.165) is 12.1 Å². The maximum absolute atomic E-state index is 12.7. The summed E-state index contributed by atoms with van der Waals surface area (Å²) in [7, 11) is 1.67. The van der Waals surface area contributed by atoms with Gasteiger partial charge < -0.3 is 19.3 Å². The lowest BCUT2D eigenvalue weighted by atomic mass is 10.1. The van der Waals surface area contributed by atoms with Crippen LogP contribution in [0.3, 0.4) is 0 Å². The van der Waals surface area contributed by atoms with E-state index in [1.807, 2.05) is 0 Å². The Morgan fingerprint density at radius 1 is 1.28 bits per heavy atom. The van der Waals surface area contributed by atoms with Crippen molar-refractivity contribution in [2.24, 2.45) is 5.92 Å². The topological polar surface area (TPSA) is 59.1 Å². The fraction of sp³-hybridized carbons (Fsp3) is 0.500. The van der Waals surface area contributed by atoms with Crippen LogP contribution in [0.2, 0.25) is 0 Å². The summed E-state index contributed by atoms with van der Waals surface area (Å²) >= 11 is 0. The van der Waals surface area contributed by atoms with E-state index in [1.54, 1.807) is 11.9 Å². The van der Waals surface area contributed by atoms with E-state index < -0.39 is 23.9 Å². The molecule has 2 saturated heterocycles. The van der Waals surface area contributed by atoms with Gasteiger partial charge in [-0.15, -0.1) is 13.2 Å². The van der Waals surface area contributed by atoms with Crippen molar-refractivity contribution in [1.29, 1.82) is 0 Å². The zero-order valence-electron chi connectivity index (χ0n) is 13.5. The molecule has 2 aliphatic heterocycles. The summed E-state index contributed by atoms with van der Waals surface area (Å²) in [5, 5.41) is 0. The summed E-state index contributed by atoms with van der Waals surface area (Å²) < 4.78 is 46.4. The lowest BCUT2D eigenvalue weighted by Crippen LogP contribution is -2.45. The molecule has 0 saturated carbocycles. The van der Waals surface area contributed by atoms with E-state index in [0.29, 0.717) is 6.61 Å². The van der Waals surface area contributed by atoms with Crippen molar-refractivity contribution < 1.29 is 32.2 Å². The highest BCUT2D eigenvalue weighted by Crippen LogP contribution is 2.25. The first kappa shape index (κ1) is 17.5. The molecule has 0 spiro atoms. The minimum Gasteiger partial charge on any atom is -0.406 e. The molecule has 0 aromatic heterocycles. The van der Waals surface area contributed by atoms with Crippen molar-refractivity contribution in [3.8, 4) is 5.75 Å². The molecular formula is C16H17F3N2O4. The van der Waals surface area contributed by atoms with Gasteiger partial charge in [-0.1, -0.05) is 6.07 Å². The number of hydrogen-bond donors (Lipinski definition) is 0. The van der Waals surface area contributed by atoms with Crippen molar-refractivity contribution in [3.63, 3.8) is 0 Å². The van der Waals surface area contributed by atoms with E-state index >= 15 is 0 Å². The average Bonchev–Trinajstić information content (AvgIpc) is 2.71. The van der Waals surface area contributed by atoms with Crippen LogP contribution >= 0.6 is 0 Å². The van der Waals surface area contributed by atoms with Gasteiger partial charge in [-0.2, -0.15) is 0 Å². The second-order valence-electron chi connectivity index (χ2n) is 6.12. The number of likely N-dealkylation sites (N-methyl/N-ethyl adjacent to an activating group) is 1. The van der Waals surface area contributed by atoms with Gasteiger partial charge >= 0.3 is 6.36 Å². The third kappa shape index (κ3) is 3.87. The van der Waals surface area contributed by atoms with Crippen LogP contribution in [0.4, 0.5) is 13.2 Å². The zero-order valence-corrected chi connectivity index (χ0v) is 13.5. The number of carbonyl (C=O) groups is 2. The smallest absolute Gasteiger partial charge is 0.406 e. The van der Waals surface area contributed by atoms with Crippen LogP contribution in [-0.2, 0) is 9.53 Å². The quantitative estimate of drug-likeness (QED) is 0.804. The first-order valence-corrected chi connectivity index (χ1v) is 7.74. The summed E-state index contributed by atoms with van der Waals surface area (Å²) in [5.41, 5.74) is 0.0812. The van der Waals surface area contributed by atoms with Crippen molar-refractivity contribution >= 4 is 11.8 Å². The van der Waals surface area contributed by atoms with Crippen molar-refractivity contribution in [3.05, 3.63) is 29.8 Å². The summed E-state index contributed by atoms with van der Waals surface area (Å²) in [4.78, 5) is 28.1. The first-order valence-electron chi connectivity index (χ1n) is 7.74. The molecule has 9 heteroatoms. The molecule has 1 aromatic rings. The molecule has 2 bridgehead atoms. The van der Waals surface area contributed by atoms with Crippen LogP contribution in [-0.4, -0.2) is 67.4 Å². The summed E-state index contributed by atoms with van der Waals surface area (Å²) in [6.07, 6.45) is -4.83. The normalized spacial score (nSPS) is 24.1. The lowest BCUT2D eigenvalue weighted by molar-refractivity contribution is -0.274. The van der Waals surface area contributed by atoms with Crippen LogP contribution < -0.4 is 4.74 Å². The Morgan fingerprint density at radius 3 is 2.76 bits per heavy atom. The minimum absolute atomic E-state index is 0.0812. The van der Waals surface area contributed by atoms with Gasteiger partial charge in [0.2, 0.25) is 5.91 Å². The molecule has 6 nitrogen and oxygen atoms in total. The van der Waals surface area contributed by atoms with Gasteiger partial charge in [0, 0.05) is 25.7 Å². The standard InChI is InChI=1S/C16H17F3N2O4/c1-20-12-7-21(6-11(14(20)22)8-24-9-12)15(23)10-3-2-4-13(5-10)25-16(17,18)19/h2-5,11-12H,6-9H2,1H3/t11-,12+/m1/s1. The number of ether oxygens (including phenoxy) is 2.